The Hall–Kier alpha value is -2.67. The van der Waals surface area contributed by atoms with Gasteiger partial charge in [-0.15, -0.1) is 5.10 Å². The molecule has 0 saturated carbocycles. The highest BCUT2D eigenvalue weighted by Gasteiger charge is 2.15. The lowest BCUT2D eigenvalue weighted by Crippen LogP contribution is -2.06. The summed E-state index contributed by atoms with van der Waals surface area (Å²) < 4.78 is 7.00. The molecule has 3 rings (SSSR count). The molecular formula is C19H20N4O2S. The third kappa shape index (κ3) is 3.94. The van der Waals surface area contributed by atoms with E-state index >= 15 is 0 Å². The SMILES string of the molecule is CCc1ccc(C(=O)CSc2nnnn2-c2cc(C)ccc2OC)cc1. The Morgan fingerprint density at radius 3 is 2.65 bits per heavy atom. The maximum Gasteiger partial charge on any atom is 0.214 e. The highest BCUT2D eigenvalue weighted by molar-refractivity contribution is 7.99. The van der Waals surface area contributed by atoms with Crippen molar-refractivity contribution in [2.24, 2.45) is 0 Å². The molecule has 0 spiro atoms. The van der Waals surface area contributed by atoms with Crippen LogP contribution in [0.2, 0.25) is 0 Å². The van der Waals surface area contributed by atoms with Crippen molar-refractivity contribution in [3.05, 3.63) is 59.2 Å². The van der Waals surface area contributed by atoms with E-state index < -0.39 is 0 Å². The fraction of sp³-hybridized carbons (Fsp3) is 0.263. The van der Waals surface area contributed by atoms with Gasteiger partial charge in [-0.1, -0.05) is 49.0 Å². The van der Waals surface area contributed by atoms with E-state index in [1.807, 2.05) is 49.4 Å². The van der Waals surface area contributed by atoms with Crippen LogP contribution in [0.4, 0.5) is 0 Å². The van der Waals surface area contributed by atoms with Gasteiger partial charge in [0.2, 0.25) is 5.16 Å². The monoisotopic (exact) mass is 368 g/mol. The zero-order chi connectivity index (χ0) is 18.5. The quantitative estimate of drug-likeness (QED) is 0.469. The molecule has 0 atom stereocenters. The topological polar surface area (TPSA) is 69.9 Å². The first-order valence-electron chi connectivity index (χ1n) is 8.30. The van der Waals surface area contributed by atoms with E-state index in [2.05, 4.69) is 22.4 Å². The second kappa shape index (κ2) is 8.14. The van der Waals surface area contributed by atoms with E-state index in [0.717, 1.165) is 17.7 Å². The van der Waals surface area contributed by atoms with Crippen LogP contribution in [-0.4, -0.2) is 38.9 Å². The minimum atomic E-state index is 0.0448. The maximum absolute atomic E-state index is 12.4. The predicted octanol–water partition coefficient (Wildman–Crippen LogP) is 3.52. The number of nitrogens with zero attached hydrogens (tertiary/aromatic N) is 4. The van der Waals surface area contributed by atoms with Crippen molar-refractivity contribution in [1.29, 1.82) is 0 Å². The molecular weight excluding hydrogens is 348 g/mol. The largest absolute Gasteiger partial charge is 0.494 e. The fourth-order valence-electron chi connectivity index (χ4n) is 2.53. The van der Waals surface area contributed by atoms with Crippen molar-refractivity contribution in [3.63, 3.8) is 0 Å². The number of ether oxygens (including phenoxy) is 1. The van der Waals surface area contributed by atoms with Crippen molar-refractivity contribution in [2.45, 2.75) is 25.4 Å². The summed E-state index contributed by atoms with van der Waals surface area (Å²) in [5.74, 6) is 0.981. The number of aryl methyl sites for hydroxylation is 2. The molecule has 0 aliphatic heterocycles. The van der Waals surface area contributed by atoms with Gasteiger partial charge in [0.15, 0.2) is 5.78 Å². The lowest BCUT2D eigenvalue weighted by molar-refractivity contribution is 0.102. The molecule has 0 fully saturated rings. The third-order valence-corrected chi connectivity index (χ3v) is 4.94. The van der Waals surface area contributed by atoms with E-state index in [4.69, 9.17) is 4.74 Å². The minimum Gasteiger partial charge on any atom is -0.494 e. The second-order valence-electron chi connectivity index (χ2n) is 5.81. The van der Waals surface area contributed by atoms with Gasteiger partial charge in [0.05, 0.1) is 12.9 Å². The van der Waals surface area contributed by atoms with Gasteiger partial charge in [0.1, 0.15) is 11.4 Å². The molecule has 0 N–H and O–H groups in total. The Kier molecular flexibility index (Phi) is 5.68. The molecule has 0 saturated heterocycles. The van der Waals surface area contributed by atoms with E-state index in [9.17, 15) is 4.79 Å². The summed E-state index contributed by atoms with van der Waals surface area (Å²) in [4.78, 5) is 12.4. The number of thioether (sulfide) groups is 1. The Bertz CT molecular complexity index is 906. The van der Waals surface area contributed by atoms with E-state index in [1.54, 1.807) is 11.8 Å². The maximum atomic E-state index is 12.4. The van der Waals surface area contributed by atoms with E-state index in [1.165, 1.54) is 17.3 Å². The highest BCUT2D eigenvalue weighted by atomic mass is 32.2. The molecule has 0 amide bonds. The van der Waals surface area contributed by atoms with Crippen molar-refractivity contribution in [1.82, 2.24) is 20.2 Å². The average Bonchev–Trinajstić information content (AvgIpc) is 3.14. The summed E-state index contributed by atoms with van der Waals surface area (Å²) >= 11 is 1.31. The Morgan fingerprint density at radius 1 is 1.19 bits per heavy atom. The highest BCUT2D eigenvalue weighted by Crippen LogP contribution is 2.27. The number of ketones is 1. The van der Waals surface area contributed by atoms with Crippen LogP contribution < -0.4 is 4.74 Å². The van der Waals surface area contributed by atoms with Crippen LogP contribution in [0.1, 0.15) is 28.4 Å². The van der Waals surface area contributed by atoms with Gasteiger partial charge in [-0.2, -0.15) is 4.68 Å². The van der Waals surface area contributed by atoms with Gasteiger partial charge in [0, 0.05) is 5.56 Å². The summed E-state index contributed by atoms with van der Waals surface area (Å²) in [7, 11) is 1.61. The first kappa shape index (κ1) is 18.1. The van der Waals surface area contributed by atoms with E-state index in [-0.39, 0.29) is 11.5 Å². The molecule has 2 aromatic carbocycles. The second-order valence-corrected chi connectivity index (χ2v) is 6.75. The molecule has 0 bridgehead atoms. The molecule has 7 heteroatoms. The van der Waals surface area contributed by atoms with Crippen LogP contribution in [0.5, 0.6) is 5.75 Å². The molecule has 0 unspecified atom stereocenters. The molecule has 0 radical (unpaired) electrons. The van der Waals surface area contributed by atoms with Gasteiger partial charge in [-0.05, 0) is 47.0 Å². The molecule has 3 aromatic rings. The lowest BCUT2D eigenvalue weighted by Gasteiger charge is -2.10. The molecule has 0 aliphatic carbocycles. The minimum absolute atomic E-state index is 0.0448. The number of benzene rings is 2. The Morgan fingerprint density at radius 2 is 1.96 bits per heavy atom. The van der Waals surface area contributed by atoms with Crippen molar-refractivity contribution in [2.75, 3.05) is 12.9 Å². The zero-order valence-corrected chi connectivity index (χ0v) is 15.8. The Labute approximate surface area is 156 Å². The zero-order valence-electron chi connectivity index (χ0n) is 15.0. The van der Waals surface area contributed by atoms with Crippen LogP contribution >= 0.6 is 11.8 Å². The molecule has 1 aromatic heterocycles. The standard InChI is InChI=1S/C19H20N4O2S/c1-4-14-6-8-15(9-7-14)17(24)12-26-19-20-21-22-23(19)16-11-13(2)5-10-18(16)25-3/h5-11H,4,12H2,1-3H3. The van der Waals surface area contributed by atoms with Crippen LogP contribution in [0.3, 0.4) is 0 Å². The number of Topliss-reactive ketones (excluding diaryl/α,β-unsaturated/α-hetero) is 1. The van der Waals surface area contributed by atoms with Crippen molar-refractivity contribution in [3.8, 4) is 11.4 Å². The number of carbonyl (C=O) groups is 1. The van der Waals surface area contributed by atoms with Crippen LogP contribution in [0.25, 0.3) is 5.69 Å². The molecule has 6 nitrogen and oxygen atoms in total. The number of aromatic nitrogens is 4. The van der Waals surface area contributed by atoms with Crippen LogP contribution in [-0.2, 0) is 6.42 Å². The normalized spacial score (nSPS) is 10.7. The third-order valence-electron chi connectivity index (χ3n) is 4.02. The number of tetrazole rings is 1. The lowest BCUT2D eigenvalue weighted by atomic mass is 10.1. The van der Waals surface area contributed by atoms with E-state index in [0.29, 0.717) is 16.5 Å². The molecule has 0 aliphatic rings. The number of rotatable bonds is 7. The van der Waals surface area contributed by atoms with Gasteiger partial charge < -0.3 is 4.74 Å². The number of hydrogen-bond acceptors (Lipinski definition) is 6. The van der Waals surface area contributed by atoms with Crippen molar-refractivity contribution < 1.29 is 9.53 Å². The Balaban J connectivity index is 1.77. The van der Waals surface area contributed by atoms with Gasteiger partial charge in [-0.25, -0.2) is 0 Å². The summed E-state index contributed by atoms with van der Waals surface area (Å²) in [6, 6.07) is 13.5. The number of hydrogen-bond donors (Lipinski definition) is 0. The van der Waals surface area contributed by atoms with Crippen LogP contribution in [0.15, 0.2) is 47.6 Å². The average molecular weight is 368 g/mol. The van der Waals surface area contributed by atoms with Crippen molar-refractivity contribution >= 4 is 17.5 Å². The fourth-order valence-corrected chi connectivity index (χ4v) is 3.30. The predicted molar refractivity (Wildman–Crippen MR) is 101 cm³/mol. The molecule has 26 heavy (non-hydrogen) atoms. The first-order chi connectivity index (χ1) is 12.6. The van der Waals surface area contributed by atoms with Gasteiger partial charge in [-0.3, -0.25) is 4.79 Å². The van der Waals surface area contributed by atoms with Crippen LogP contribution in [0, 0.1) is 6.92 Å². The smallest absolute Gasteiger partial charge is 0.214 e. The first-order valence-corrected chi connectivity index (χ1v) is 9.29. The molecule has 134 valence electrons. The number of carbonyl (C=O) groups excluding carboxylic acids is 1. The number of methoxy groups -OCH3 is 1. The summed E-state index contributed by atoms with van der Waals surface area (Å²) in [6.45, 7) is 4.08. The summed E-state index contributed by atoms with van der Waals surface area (Å²) in [5, 5.41) is 12.4. The summed E-state index contributed by atoms with van der Waals surface area (Å²) in [5.41, 5.74) is 3.73. The van der Waals surface area contributed by atoms with Gasteiger partial charge >= 0.3 is 0 Å². The summed E-state index contributed by atoms with van der Waals surface area (Å²) in [6.07, 6.45) is 0.955. The molecule has 1 heterocycles. The van der Waals surface area contributed by atoms with Gasteiger partial charge in [0.25, 0.3) is 0 Å².